The Morgan fingerprint density at radius 2 is 2.00 bits per heavy atom. The molecule has 2 aromatic heterocycles. The lowest BCUT2D eigenvalue weighted by molar-refractivity contribution is 0.148. The van der Waals surface area contributed by atoms with E-state index in [4.69, 9.17) is 0 Å². The zero-order valence-corrected chi connectivity index (χ0v) is 16.2. The fourth-order valence-corrected chi connectivity index (χ4v) is 5.10. The lowest BCUT2D eigenvalue weighted by Gasteiger charge is -2.32. The molecule has 1 fully saturated rings. The number of aromatic nitrogens is 2. The van der Waals surface area contributed by atoms with E-state index in [1.165, 1.54) is 51.5 Å². The largest absolute Gasteiger partial charge is 0.304 e. The highest BCUT2D eigenvalue weighted by molar-refractivity contribution is 7.13. The molecule has 0 saturated carbocycles. The first-order chi connectivity index (χ1) is 12.7. The molecule has 2 aliphatic rings. The van der Waals surface area contributed by atoms with Gasteiger partial charge in [0.15, 0.2) is 0 Å². The van der Waals surface area contributed by atoms with Crippen LogP contribution in [-0.2, 0) is 13.0 Å². The Morgan fingerprint density at radius 1 is 1.15 bits per heavy atom. The smallest absolute Gasteiger partial charge is 0.0965 e. The van der Waals surface area contributed by atoms with Crippen LogP contribution < -0.4 is 0 Å². The molecule has 0 unspecified atom stereocenters. The van der Waals surface area contributed by atoms with Crippen LogP contribution in [-0.4, -0.2) is 53.2 Å². The summed E-state index contributed by atoms with van der Waals surface area (Å²) >= 11 is 1.80. The second kappa shape index (κ2) is 6.34. The van der Waals surface area contributed by atoms with Gasteiger partial charge >= 0.3 is 0 Å². The Bertz CT molecular complexity index is 947. The van der Waals surface area contributed by atoms with Gasteiger partial charge in [-0.15, -0.1) is 11.3 Å². The third-order valence-corrected chi connectivity index (χ3v) is 6.78. The molecular formula is C21H24N4S. The average molecular weight is 365 g/mol. The number of hydrogen-bond donors (Lipinski definition) is 1. The van der Waals surface area contributed by atoms with Crippen molar-refractivity contribution in [2.75, 3.05) is 33.2 Å². The van der Waals surface area contributed by atoms with Crippen molar-refractivity contribution in [3.8, 4) is 21.8 Å². The summed E-state index contributed by atoms with van der Waals surface area (Å²) in [6, 6.07) is 9.15. The van der Waals surface area contributed by atoms with Gasteiger partial charge in [-0.3, -0.25) is 10.00 Å². The van der Waals surface area contributed by atoms with Crippen LogP contribution >= 0.6 is 11.3 Å². The lowest BCUT2D eigenvalue weighted by Crippen LogP contribution is -2.43. The van der Waals surface area contributed by atoms with Crippen molar-refractivity contribution in [2.45, 2.75) is 19.9 Å². The number of aromatic amines is 1. The van der Waals surface area contributed by atoms with E-state index in [9.17, 15) is 0 Å². The van der Waals surface area contributed by atoms with Gasteiger partial charge in [0.1, 0.15) is 0 Å². The van der Waals surface area contributed by atoms with Gasteiger partial charge < -0.3 is 4.90 Å². The minimum atomic E-state index is 0.990. The Hall–Kier alpha value is -1.95. The number of nitrogens with one attached hydrogen (secondary N) is 1. The SMILES string of the molecule is Cc1ccsc1-c1[nH]nc2c1Cc1cc(CN3CCN(C)CC3)ccc1-2. The molecule has 3 aromatic rings. The molecule has 4 nitrogen and oxygen atoms in total. The number of hydrogen-bond acceptors (Lipinski definition) is 4. The summed E-state index contributed by atoms with van der Waals surface area (Å²) in [6.07, 6.45) is 0.990. The molecule has 0 amide bonds. The third kappa shape index (κ3) is 2.71. The summed E-state index contributed by atoms with van der Waals surface area (Å²) in [7, 11) is 2.21. The van der Waals surface area contributed by atoms with Gasteiger partial charge in [0, 0.05) is 50.3 Å². The standard InChI is InChI=1S/C21H24N4S/c1-14-5-10-26-21(14)20-18-12-16-11-15(3-4-17(16)19(18)22-23-20)13-25-8-6-24(2)7-9-25/h3-5,10-11H,6-9,12-13H2,1-2H3,(H,22,23). The van der Waals surface area contributed by atoms with Crippen LogP contribution in [0.25, 0.3) is 21.8 Å². The molecule has 5 rings (SSSR count). The van der Waals surface area contributed by atoms with E-state index >= 15 is 0 Å². The second-order valence-corrected chi connectivity index (χ2v) is 8.52. The first-order valence-electron chi connectivity index (χ1n) is 9.34. The van der Waals surface area contributed by atoms with Crippen molar-refractivity contribution in [1.82, 2.24) is 20.0 Å². The number of likely N-dealkylation sites (N-methyl/N-ethyl adjacent to an activating group) is 1. The van der Waals surface area contributed by atoms with Crippen molar-refractivity contribution in [2.24, 2.45) is 0 Å². The molecule has 1 N–H and O–H groups in total. The number of thiophene rings is 1. The van der Waals surface area contributed by atoms with Gasteiger partial charge in [0.25, 0.3) is 0 Å². The van der Waals surface area contributed by atoms with Gasteiger partial charge in [-0.25, -0.2) is 0 Å². The fraction of sp³-hybridized carbons (Fsp3) is 0.381. The topological polar surface area (TPSA) is 35.2 Å². The van der Waals surface area contributed by atoms with Gasteiger partial charge in [-0.05, 0) is 42.1 Å². The lowest BCUT2D eigenvalue weighted by atomic mass is 10.0. The van der Waals surface area contributed by atoms with Gasteiger partial charge in [-0.2, -0.15) is 5.10 Å². The minimum Gasteiger partial charge on any atom is -0.304 e. The Kier molecular flexibility index (Phi) is 3.96. The molecule has 0 spiro atoms. The van der Waals surface area contributed by atoms with Crippen LogP contribution in [0.5, 0.6) is 0 Å². The number of fused-ring (bicyclic) bond motifs is 3. The van der Waals surface area contributed by atoms with Gasteiger partial charge in [0.05, 0.1) is 16.3 Å². The summed E-state index contributed by atoms with van der Waals surface area (Å²) in [4.78, 5) is 6.30. The van der Waals surface area contributed by atoms with Crippen molar-refractivity contribution in [3.05, 3.63) is 51.9 Å². The maximum Gasteiger partial charge on any atom is 0.0965 e. The highest BCUT2D eigenvalue weighted by atomic mass is 32.1. The van der Waals surface area contributed by atoms with Crippen LogP contribution in [0, 0.1) is 6.92 Å². The van der Waals surface area contributed by atoms with Crippen molar-refractivity contribution in [1.29, 1.82) is 0 Å². The second-order valence-electron chi connectivity index (χ2n) is 7.61. The molecule has 3 heterocycles. The molecule has 26 heavy (non-hydrogen) atoms. The predicted octanol–water partition coefficient (Wildman–Crippen LogP) is 3.77. The van der Waals surface area contributed by atoms with E-state index in [1.807, 2.05) is 0 Å². The first kappa shape index (κ1) is 16.2. The Labute approximate surface area is 158 Å². The van der Waals surface area contributed by atoms with Crippen molar-refractivity contribution < 1.29 is 0 Å². The summed E-state index contributed by atoms with van der Waals surface area (Å²) in [6.45, 7) is 7.90. The number of aryl methyl sites for hydroxylation is 1. The summed E-state index contributed by atoms with van der Waals surface area (Å²) in [5.41, 5.74) is 9.21. The Balaban J connectivity index is 1.40. The zero-order valence-electron chi connectivity index (χ0n) is 15.4. The maximum atomic E-state index is 4.65. The van der Waals surface area contributed by atoms with E-state index in [2.05, 4.69) is 63.6 Å². The molecule has 1 aromatic carbocycles. The molecule has 0 bridgehead atoms. The molecule has 0 atom stereocenters. The average Bonchev–Trinajstić information content (AvgIpc) is 3.31. The van der Waals surface area contributed by atoms with Crippen molar-refractivity contribution in [3.63, 3.8) is 0 Å². The highest BCUT2D eigenvalue weighted by Gasteiger charge is 2.26. The van der Waals surface area contributed by atoms with Crippen molar-refractivity contribution >= 4 is 11.3 Å². The molecule has 5 heteroatoms. The van der Waals surface area contributed by atoms with Crippen LogP contribution in [0.1, 0.15) is 22.3 Å². The normalized spacial score (nSPS) is 17.5. The van der Waals surface area contributed by atoms with E-state index in [0.717, 1.165) is 31.7 Å². The highest BCUT2D eigenvalue weighted by Crippen LogP contribution is 2.42. The number of benzene rings is 1. The number of piperazine rings is 1. The van der Waals surface area contributed by atoms with Gasteiger partial charge in [-0.1, -0.05) is 18.2 Å². The number of nitrogens with zero attached hydrogens (tertiary/aromatic N) is 3. The number of H-pyrrole nitrogens is 1. The maximum absolute atomic E-state index is 4.65. The molecule has 1 saturated heterocycles. The van der Waals surface area contributed by atoms with E-state index in [-0.39, 0.29) is 0 Å². The summed E-state index contributed by atoms with van der Waals surface area (Å²) in [5, 5.41) is 10.1. The van der Waals surface area contributed by atoms with E-state index in [0.29, 0.717) is 0 Å². The minimum absolute atomic E-state index is 0.990. The van der Waals surface area contributed by atoms with Crippen LogP contribution in [0.4, 0.5) is 0 Å². The van der Waals surface area contributed by atoms with Gasteiger partial charge in [0.2, 0.25) is 0 Å². The fourth-order valence-electron chi connectivity index (χ4n) is 4.15. The van der Waals surface area contributed by atoms with Crippen LogP contribution in [0.2, 0.25) is 0 Å². The molecular weight excluding hydrogens is 340 g/mol. The molecule has 0 radical (unpaired) electrons. The third-order valence-electron chi connectivity index (χ3n) is 5.75. The molecule has 1 aliphatic carbocycles. The van der Waals surface area contributed by atoms with Crippen LogP contribution in [0.15, 0.2) is 29.6 Å². The van der Waals surface area contributed by atoms with Crippen LogP contribution in [0.3, 0.4) is 0 Å². The first-order valence-corrected chi connectivity index (χ1v) is 10.2. The van der Waals surface area contributed by atoms with E-state index < -0.39 is 0 Å². The Morgan fingerprint density at radius 3 is 2.77 bits per heavy atom. The predicted molar refractivity (Wildman–Crippen MR) is 108 cm³/mol. The quantitative estimate of drug-likeness (QED) is 0.601. The molecule has 1 aliphatic heterocycles. The monoisotopic (exact) mass is 364 g/mol. The molecule has 134 valence electrons. The zero-order chi connectivity index (χ0) is 17.7. The number of rotatable bonds is 3. The van der Waals surface area contributed by atoms with E-state index in [1.54, 1.807) is 11.3 Å². The summed E-state index contributed by atoms with van der Waals surface area (Å²) in [5.74, 6) is 0. The summed E-state index contributed by atoms with van der Waals surface area (Å²) < 4.78 is 0.